The monoisotopic (exact) mass is 265 g/mol. The number of hydrogen-bond donors (Lipinski definition) is 1. The lowest BCUT2D eigenvalue weighted by atomic mass is 9.94. The van der Waals surface area contributed by atoms with Crippen LogP contribution < -0.4 is 5.32 Å². The number of nitrogens with zero attached hydrogens (tertiary/aromatic N) is 2. The van der Waals surface area contributed by atoms with Gasteiger partial charge < -0.3 is 14.6 Å². The molecule has 1 saturated heterocycles. The molecule has 108 valence electrons. The summed E-state index contributed by atoms with van der Waals surface area (Å²) in [7, 11) is 0. The third kappa shape index (κ3) is 3.96. The van der Waals surface area contributed by atoms with Gasteiger partial charge in [-0.3, -0.25) is 0 Å². The van der Waals surface area contributed by atoms with Crippen molar-refractivity contribution in [1.29, 1.82) is 0 Å². The minimum Gasteiger partial charge on any atom is -0.375 e. The van der Waals surface area contributed by atoms with Crippen LogP contribution in [0.25, 0.3) is 0 Å². The second-order valence-corrected chi connectivity index (χ2v) is 6.69. The molecular weight excluding hydrogens is 238 g/mol. The normalized spacial score (nSPS) is 22.7. The zero-order valence-corrected chi connectivity index (χ0v) is 12.9. The molecule has 0 bridgehead atoms. The Labute approximate surface area is 116 Å². The predicted octanol–water partition coefficient (Wildman–Crippen LogP) is 3.22. The largest absolute Gasteiger partial charge is 0.375 e. The molecule has 0 saturated carbocycles. The summed E-state index contributed by atoms with van der Waals surface area (Å²) in [5, 5.41) is 3.60. The smallest absolute Gasteiger partial charge is 0.203 e. The van der Waals surface area contributed by atoms with Gasteiger partial charge in [0.2, 0.25) is 5.95 Å². The van der Waals surface area contributed by atoms with Crippen molar-refractivity contribution in [2.24, 2.45) is 5.92 Å². The molecule has 1 aliphatic heterocycles. The molecule has 1 atom stereocenters. The summed E-state index contributed by atoms with van der Waals surface area (Å²) in [6, 6.07) is 0.455. The summed E-state index contributed by atoms with van der Waals surface area (Å²) < 4.78 is 8.00. The number of aryl methyl sites for hydroxylation is 1. The van der Waals surface area contributed by atoms with Gasteiger partial charge in [0.05, 0.1) is 11.3 Å². The number of aromatic nitrogens is 2. The lowest BCUT2D eigenvalue weighted by Crippen LogP contribution is -2.40. The predicted molar refractivity (Wildman–Crippen MR) is 78.5 cm³/mol. The minimum absolute atomic E-state index is 0.0273. The maximum Gasteiger partial charge on any atom is 0.203 e. The second kappa shape index (κ2) is 5.53. The molecule has 1 unspecified atom stereocenters. The Hall–Kier alpha value is -1.03. The van der Waals surface area contributed by atoms with E-state index in [0.29, 0.717) is 12.0 Å². The maximum atomic E-state index is 5.77. The van der Waals surface area contributed by atoms with Crippen LogP contribution in [0.15, 0.2) is 6.20 Å². The summed E-state index contributed by atoms with van der Waals surface area (Å²) in [5.41, 5.74) is 1.05. The van der Waals surface area contributed by atoms with Gasteiger partial charge >= 0.3 is 0 Å². The number of anilines is 1. The Kier molecular flexibility index (Phi) is 4.19. The minimum atomic E-state index is -0.0273. The van der Waals surface area contributed by atoms with Crippen LogP contribution in [-0.4, -0.2) is 27.8 Å². The Morgan fingerprint density at radius 1 is 1.53 bits per heavy atom. The average molecular weight is 265 g/mol. The Balaban J connectivity index is 2.06. The van der Waals surface area contributed by atoms with Crippen LogP contribution in [0.2, 0.25) is 0 Å². The van der Waals surface area contributed by atoms with Gasteiger partial charge in [0, 0.05) is 25.4 Å². The third-order valence-corrected chi connectivity index (χ3v) is 3.49. The van der Waals surface area contributed by atoms with Crippen LogP contribution >= 0.6 is 0 Å². The molecule has 1 aliphatic rings. The Morgan fingerprint density at radius 3 is 2.89 bits per heavy atom. The highest BCUT2D eigenvalue weighted by Gasteiger charge is 2.29. The van der Waals surface area contributed by atoms with Crippen LogP contribution in [0.3, 0.4) is 0 Å². The van der Waals surface area contributed by atoms with Crippen molar-refractivity contribution in [3.8, 4) is 0 Å². The van der Waals surface area contributed by atoms with E-state index in [0.717, 1.165) is 37.6 Å². The van der Waals surface area contributed by atoms with Crippen LogP contribution in [-0.2, 0) is 11.3 Å². The van der Waals surface area contributed by atoms with E-state index in [1.807, 2.05) is 0 Å². The number of rotatable bonds is 4. The highest BCUT2D eigenvalue weighted by Crippen LogP contribution is 2.26. The van der Waals surface area contributed by atoms with Crippen LogP contribution in [0, 0.1) is 12.8 Å². The SMILES string of the molecule is Cc1cn(CC(C)C)c(NC2CCOC(C)(C)C2)n1. The van der Waals surface area contributed by atoms with Gasteiger partial charge in [-0.05, 0) is 39.5 Å². The van der Waals surface area contributed by atoms with E-state index in [4.69, 9.17) is 4.74 Å². The molecule has 0 aromatic carbocycles. The van der Waals surface area contributed by atoms with Gasteiger partial charge in [0.15, 0.2) is 0 Å². The van der Waals surface area contributed by atoms with Crippen molar-refractivity contribution in [1.82, 2.24) is 9.55 Å². The highest BCUT2D eigenvalue weighted by molar-refractivity contribution is 5.30. The summed E-state index contributed by atoms with van der Waals surface area (Å²) >= 11 is 0. The van der Waals surface area contributed by atoms with Gasteiger partial charge in [-0.1, -0.05) is 13.8 Å². The Morgan fingerprint density at radius 2 is 2.26 bits per heavy atom. The van der Waals surface area contributed by atoms with Crippen LogP contribution in [0.5, 0.6) is 0 Å². The third-order valence-electron chi connectivity index (χ3n) is 3.49. The molecule has 4 nitrogen and oxygen atoms in total. The summed E-state index contributed by atoms with van der Waals surface area (Å²) in [6.45, 7) is 12.7. The summed E-state index contributed by atoms with van der Waals surface area (Å²) in [6.07, 6.45) is 4.21. The molecule has 1 aromatic heterocycles. The number of ether oxygens (including phenoxy) is 1. The topological polar surface area (TPSA) is 39.1 Å². The molecule has 0 spiro atoms. The molecule has 2 rings (SSSR count). The second-order valence-electron chi connectivity index (χ2n) is 6.69. The molecule has 4 heteroatoms. The number of nitrogens with one attached hydrogen (secondary N) is 1. The van der Waals surface area contributed by atoms with Crippen molar-refractivity contribution in [3.05, 3.63) is 11.9 Å². The molecule has 1 N–H and O–H groups in total. The van der Waals surface area contributed by atoms with E-state index in [2.05, 4.69) is 55.7 Å². The summed E-state index contributed by atoms with van der Waals surface area (Å²) in [4.78, 5) is 4.62. The first kappa shape index (κ1) is 14.4. The lowest BCUT2D eigenvalue weighted by molar-refractivity contribution is -0.0554. The standard InChI is InChI=1S/C15H27N3O/c1-11(2)9-18-10-12(3)16-14(18)17-13-6-7-19-15(4,5)8-13/h10-11,13H,6-9H2,1-5H3,(H,16,17). The van der Waals surface area contributed by atoms with E-state index >= 15 is 0 Å². The van der Waals surface area contributed by atoms with Crippen molar-refractivity contribution in [2.75, 3.05) is 11.9 Å². The first-order valence-electron chi connectivity index (χ1n) is 7.30. The Bertz CT molecular complexity index is 423. The molecule has 19 heavy (non-hydrogen) atoms. The van der Waals surface area contributed by atoms with E-state index in [-0.39, 0.29) is 5.60 Å². The van der Waals surface area contributed by atoms with Crippen molar-refractivity contribution in [3.63, 3.8) is 0 Å². The molecule has 1 aromatic rings. The fourth-order valence-corrected chi connectivity index (χ4v) is 2.73. The van der Waals surface area contributed by atoms with Gasteiger partial charge in [-0.25, -0.2) is 4.98 Å². The van der Waals surface area contributed by atoms with E-state index in [1.54, 1.807) is 0 Å². The van der Waals surface area contributed by atoms with Gasteiger partial charge in [0.25, 0.3) is 0 Å². The number of hydrogen-bond acceptors (Lipinski definition) is 3. The molecule has 2 heterocycles. The highest BCUT2D eigenvalue weighted by atomic mass is 16.5. The van der Waals surface area contributed by atoms with Crippen molar-refractivity contribution < 1.29 is 4.74 Å². The van der Waals surface area contributed by atoms with E-state index in [1.165, 1.54) is 0 Å². The first-order valence-corrected chi connectivity index (χ1v) is 7.30. The van der Waals surface area contributed by atoms with Crippen LogP contribution in [0.1, 0.15) is 46.2 Å². The molecule has 0 radical (unpaired) electrons. The van der Waals surface area contributed by atoms with Gasteiger partial charge in [0.1, 0.15) is 0 Å². The zero-order valence-electron chi connectivity index (χ0n) is 12.9. The van der Waals surface area contributed by atoms with E-state index < -0.39 is 0 Å². The quantitative estimate of drug-likeness (QED) is 0.908. The lowest BCUT2D eigenvalue weighted by Gasteiger charge is -2.36. The molecule has 0 aliphatic carbocycles. The first-order chi connectivity index (χ1) is 8.85. The van der Waals surface area contributed by atoms with E-state index in [9.17, 15) is 0 Å². The fourth-order valence-electron chi connectivity index (χ4n) is 2.73. The molecular formula is C15H27N3O. The van der Waals surface area contributed by atoms with Gasteiger partial charge in [-0.2, -0.15) is 0 Å². The molecule has 1 fully saturated rings. The zero-order chi connectivity index (χ0) is 14.0. The molecule has 0 amide bonds. The van der Waals surface area contributed by atoms with Crippen LogP contribution in [0.4, 0.5) is 5.95 Å². The summed E-state index contributed by atoms with van der Waals surface area (Å²) in [5.74, 6) is 1.63. The van der Waals surface area contributed by atoms with Gasteiger partial charge in [-0.15, -0.1) is 0 Å². The fraction of sp³-hybridized carbons (Fsp3) is 0.800. The maximum absolute atomic E-state index is 5.77. The van der Waals surface area contributed by atoms with Crippen molar-refractivity contribution >= 4 is 5.95 Å². The number of imidazole rings is 1. The van der Waals surface area contributed by atoms with Crippen molar-refractivity contribution in [2.45, 2.75) is 65.6 Å². The average Bonchev–Trinajstić information content (AvgIpc) is 2.56.